The number of hydrogen-bond acceptors (Lipinski definition) is 6. The summed E-state index contributed by atoms with van der Waals surface area (Å²) in [7, 11) is 1.49. The molecule has 12 heteroatoms. The zero-order chi connectivity index (χ0) is 31.0. The van der Waals surface area contributed by atoms with Crippen LogP contribution in [0.4, 0.5) is 17.1 Å². The minimum Gasteiger partial charge on any atom is -0.494 e. The molecule has 4 aromatic rings. The summed E-state index contributed by atoms with van der Waals surface area (Å²) in [5.41, 5.74) is 5.46. The summed E-state index contributed by atoms with van der Waals surface area (Å²) in [6.07, 6.45) is 1.74. The maximum atomic E-state index is 12.3. The van der Waals surface area contributed by atoms with Gasteiger partial charge in [0.05, 0.1) is 52.3 Å². The largest absolute Gasteiger partial charge is 0.494 e. The Morgan fingerprint density at radius 2 is 1.93 bits per heavy atom. The molecule has 1 fully saturated rings. The van der Waals surface area contributed by atoms with E-state index in [1.807, 2.05) is 61.4 Å². The van der Waals surface area contributed by atoms with E-state index in [0.29, 0.717) is 27.3 Å². The highest BCUT2D eigenvalue weighted by Gasteiger charge is 2.42. The molecule has 1 aliphatic rings. The van der Waals surface area contributed by atoms with Crippen LogP contribution in [-0.4, -0.2) is 32.6 Å². The lowest BCUT2D eigenvalue weighted by Gasteiger charge is -2.28. The Balaban J connectivity index is 1.64. The van der Waals surface area contributed by atoms with Gasteiger partial charge in [-0.25, -0.2) is 0 Å². The summed E-state index contributed by atoms with van der Waals surface area (Å²) in [5, 5.41) is 18.6. The van der Waals surface area contributed by atoms with Crippen molar-refractivity contribution in [2.45, 2.75) is 39.8 Å². The van der Waals surface area contributed by atoms with E-state index < -0.39 is 4.92 Å². The number of hydrogen-bond donors (Lipinski definition) is 2. The molecule has 1 aliphatic heterocycles. The summed E-state index contributed by atoms with van der Waals surface area (Å²) in [6.45, 7) is 7.60. The Morgan fingerprint density at radius 3 is 2.56 bits per heavy atom. The van der Waals surface area contributed by atoms with Crippen LogP contribution >= 0.6 is 23.8 Å². The van der Waals surface area contributed by atoms with Crippen molar-refractivity contribution in [2.24, 2.45) is 5.92 Å². The van der Waals surface area contributed by atoms with Crippen molar-refractivity contribution < 1.29 is 14.5 Å². The molecular weight excluding hydrogens is 588 g/mol. The summed E-state index contributed by atoms with van der Waals surface area (Å²) in [5.74, 6) is 0.0565. The smallest absolute Gasteiger partial charge is 0.273 e. The molecule has 10 nitrogen and oxygen atoms in total. The second-order valence-electron chi connectivity index (χ2n) is 10.6. The normalized spacial score (nSPS) is 16.3. The van der Waals surface area contributed by atoms with Crippen molar-refractivity contribution in [3.8, 4) is 11.4 Å². The number of amides is 1. The average Bonchev–Trinajstić information content (AvgIpc) is 3.48. The number of nitro groups is 1. The van der Waals surface area contributed by atoms with Crippen LogP contribution in [0.2, 0.25) is 5.02 Å². The SMILES string of the molecule is COc1cc([N+](=O)[O-])ccc1-n1c(C)cc([C@H]2[C@@H](c3ccccn3)NC(=S)N2c2ccc(NC(=O)C(C)C)c(Cl)c2)c1C. The van der Waals surface area contributed by atoms with Crippen LogP contribution in [0.1, 0.15) is 48.6 Å². The summed E-state index contributed by atoms with van der Waals surface area (Å²) in [4.78, 5) is 29.9. The zero-order valence-corrected chi connectivity index (χ0v) is 25.9. The summed E-state index contributed by atoms with van der Waals surface area (Å²) >= 11 is 12.6. The fourth-order valence-corrected chi connectivity index (χ4v) is 5.97. The Kier molecular flexibility index (Phi) is 8.38. The molecule has 0 spiro atoms. The van der Waals surface area contributed by atoms with E-state index in [0.717, 1.165) is 28.3 Å². The van der Waals surface area contributed by atoms with Crippen molar-refractivity contribution in [2.75, 3.05) is 17.3 Å². The van der Waals surface area contributed by atoms with E-state index in [2.05, 4.69) is 21.7 Å². The molecule has 2 aromatic carbocycles. The molecule has 0 saturated carbocycles. The van der Waals surface area contributed by atoms with E-state index in [1.54, 1.807) is 24.4 Å². The number of aryl methyl sites for hydroxylation is 1. The van der Waals surface area contributed by atoms with Gasteiger partial charge >= 0.3 is 0 Å². The quantitative estimate of drug-likeness (QED) is 0.125. The average molecular weight is 619 g/mol. The molecule has 2 aromatic heterocycles. The Bertz CT molecular complexity index is 1720. The van der Waals surface area contributed by atoms with Gasteiger partial charge in [-0.15, -0.1) is 0 Å². The number of carbonyl (C=O) groups excluding carboxylic acids is 1. The first-order valence-corrected chi connectivity index (χ1v) is 14.4. The lowest BCUT2D eigenvalue weighted by atomic mass is 9.96. The van der Waals surface area contributed by atoms with Crippen LogP contribution in [0.3, 0.4) is 0 Å². The molecule has 0 bridgehead atoms. The van der Waals surface area contributed by atoms with Crippen molar-refractivity contribution in [3.05, 3.63) is 105 Å². The van der Waals surface area contributed by atoms with Gasteiger partial charge in [0.1, 0.15) is 5.75 Å². The van der Waals surface area contributed by atoms with E-state index >= 15 is 0 Å². The number of halogens is 1. The van der Waals surface area contributed by atoms with Crippen molar-refractivity contribution in [1.82, 2.24) is 14.9 Å². The van der Waals surface area contributed by atoms with Gasteiger partial charge in [0.25, 0.3) is 5.69 Å². The van der Waals surface area contributed by atoms with Crippen LogP contribution in [0.25, 0.3) is 5.69 Å². The number of thiocarbonyl (C=S) groups is 1. The number of nitrogens with zero attached hydrogens (tertiary/aromatic N) is 4. The molecule has 222 valence electrons. The van der Waals surface area contributed by atoms with Gasteiger partial charge in [0.15, 0.2) is 5.11 Å². The van der Waals surface area contributed by atoms with Gasteiger partial charge in [-0.3, -0.25) is 19.9 Å². The third-order valence-corrected chi connectivity index (χ3v) is 8.14. The molecule has 2 N–H and O–H groups in total. The second-order valence-corrected chi connectivity index (χ2v) is 11.4. The maximum absolute atomic E-state index is 12.3. The van der Waals surface area contributed by atoms with Crippen LogP contribution < -0.4 is 20.3 Å². The monoisotopic (exact) mass is 618 g/mol. The highest BCUT2D eigenvalue weighted by Crippen LogP contribution is 2.45. The number of rotatable bonds is 8. The van der Waals surface area contributed by atoms with Crippen molar-refractivity contribution in [1.29, 1.82) is 0 Å². The van der Waals surface area contributed by atoms with E-state index in [9.17, 15) is 14.9 Å². The summed E-state index contributed by atoms with van der Waals surface area (Å²) in [6, 6.07) is 17.2. The van der Waals surface area contributed by atoms with Crippen molar-refractivity contribution in [3.63, 3.8) is 0 Å². The van der Waals surface area contributed by atoms with Crippen LogP contribution in [0.15, 0.2) is 66.9 Å². The van der Waals surface area contributed by atoms with Gasteiger partial charge in [-0.05, 0) is 74.1 Å². The molecule has 0 unspecified atom stereocenters. The molecule has 1 saturated heterocycles. The Morgan fingerprint density at radius 1 is 1.16 bits per heavy atom. The minimum absolute atomic E-state index is 0.0556. The second kappa shape index (κ2) is 12.0. The predicted octanol–water partition coefficient (Wildman–Crippen LogP) is 6.83. The highest BCUT2D eigenvalue weighted by atomic mass is 35.5. The molecule has 5 rings (SSSR count). The number of nitro benzene ring substituents is 1. The van der Waals surface area contributed by atoms with Crippen LogP contribution in [-0.2, 0) is 4.79 Å². The lowest BCUT2D eigenvalue weighted by molar-refractivity contribution is -0.384. The predicted molar refractivity (Wildman–Crippen MR) is 171 cm³/mol. The number of nitrogens with one attached hydrogen (secondary N) is 2. The first kappa shape index (κ1) is 30.0. The van der Waals surface area contributed by atoms with E-state index in [4.69, 9.17) is 28.6 Å². The fraction of sp³-hybridized carbons (Fsp3) is 0.258. The highest BCUT2D eigenvalue weighted by molar-refractivity contribution is 7.80. The van der Waals surface area contributed by atoms with Gasteiger partial charge in [-0.2, -0.15) is 0 Å². The number of methoxy groups -OCH3 is 1. The Labute approximate surface area is 259 Å². The van der Waals surface area contributed by atoms with Crippen molar-refractivity contribution >= 4 is 51.9 Å². The van der Waals surface area contributed by atoms with Gasteiger partial charge < -0.3 is 24.8 Å². The summed E-state index contributed by atoms with van der Waals surface area (Å²) < 4.78 is 7.59. The van der Waals surface area contributed by atoms with Gasteiger partial charge in [0.2, 0.25) is 5.91 Å². The maximum Gasteiger partial charge on any atom is 0.273 e. The number of aromatic nitrogens is 2. The standard InChI is InChI=1S/C31H31ClN6O4S/c1-17(2)30(39)34-24-11-9-20(15-23(24)32)37-29(28(35-31(37)43)25-8-6-7-13-33-25)22-14-18(3)36(19(22)4)26-12-10-21(38(40)41)16-27(26)42-5/h6-17,28-29H,1-5H3,(H,34,39)(H,35,43)/t28-,29+/m1/s1. The Hall–Kier alpha value is -4.48. The van der Waals surface area contributed by atoms with Crippen LogP contribution in [0, 0.1) is 29.9 Å². The minimum atomic E-state index is -0.446. The molecule has 43 heavy (non-hydrogen) atoms. The van der Waals surface area contributed by atoms with E-state index in [-0.39, 0.29) is 29.6 Å². The zero-order valence-electron chi connectivity index (χ0n) is 24.3. The molecule has 0 radical (unpaired) electrons. The number of carbonyl (C=O) groups is 1. The van der Waals surface area contributed by atoms with Gasteiger partial charge in [-0.1, -0.05) is 31.5 Å². The first-order chi connectivity index (χ1) is 20.5. The number of ether oxygens (including phenoxy) is 1. The molecular formula is C31H31ClN6O4S. The third-order valence-electron chi connectivity index (χ3n) is 7.52. The van der Waals surface area contributed by atoms with E-state index in [1.165, 1.54) is 19.2 Å². The van der Waals surface area contributed by atoms with Crippen LogP contribution in [0.5, 0.6) is 5.75 Å². The topological polar surface area (TPSA) is 115 Å². The lowest BCUT2D eigenvalue weighted by Crippen LogP contribution is -2.29. The first-order valence-electron chi connectivity index (χ1n) is 13.6. The number of pyridine rings is 1. The number of non-ortho nitro benzene ring substituents is 1. The molecule has 2 atom stereocenters. The fourth-order valence-electron chi connectivity index (χ4n) is 5.40. The third kappa shape index (κ3) is 5.65. The molecule has 3 heterocycles. The molecule has 1 amide bonds. The number of benzene rings is 2. The number of anilines is 2. The molecule has 0 aliphatic carbocycles. The van der Waals surface area contributed by atoms with Gasteiger partial charge in [0, 0.05) is 35.3 Å².